The molecule has 0 aromatic carbocycles. The highest BCUT2D eigenvalue weighted by Crippen LogP contribution is 2.47. The van der Waals surface area contributed by atoms with Crippen molar-refractivity contribution >= 4 is 0 Å². The fourth-order valence-electron chi connectivity index (χ4n) is 13.7. The van der Waals surface area contributed by atoms with Crippen LogP contribution in [-0.2, 0) is 0 Å². The Balaban J connectivity index is 0.000000389. The maximum atomic E-state index is 2.39. The average Bonchev–Trinajstić information content (AvgIpc) is 3.25. The smallest absolute Gasteiger partial charge is 0.0328 e. The summed E-state index contributed by atoms with van der Waals surface area (Å²) in [4.78, 5) is 0. The SMILES string of the molecule is CC1CC(C)(C)C1.CC1CC(C)(C)C1.CC1CCC1(C)C.CC1C[C@H](C)C1C.CCC1(C)CCC1.CCC1CC(C)C1.CCC1CC(C)C1.CCC1CCC1C.CCC1CC[C@@H]1C.C[C@H]1CCC1(C)C. The van der Waals surface area contributed by atoms with E-state index >= 15 is 0 Å². The summed E-state index contributed by atoms with van der Waals surface area (Å²) in [5, 5.41) is 0. The van der Waals surface area contributed by atoms with E-state index in [1.54, 1.807) is 0 Å². The second-order valence-corrected chi connectivity index (χ2v) is 31.4. The minimum atomic E-state index is 0.681. The zero-order valence-electron chi connectivity index (χ0n) is 53.8. The van der Waals surface area contributed by atoms with Gasteiger partial charge in [-0.3, -0.25) is 0 Å². The Hall–Kier alpha value is 0. The molecular formula is C70H140. The van der Waals surface area contributed by atoms with Crippen LogP contribution in [0.3, 0.4) is 0 Å². The highest BCUT2D eigenvalue weighted by molar-refractivity contribution is 4.87. The highest BCUT2D eigenvalue weighted by Gasteiger charge is 2.36. The summed E-state index contributed by atoms with van der Waals surface area (Å²) in [6.07, 6.45) is 36.4. The maximum Gasteiger partial charge on any atom is -0.0328 e. The fraction of sp³-hybridized carbons (Fsp3) is 1.00. The third-order valence-electron chi connectivity index (χ3n) is 22.4. The lowest BCUT2D eigenvalue weighted by atomic mass is 9.64. The van der Waals surface area contributed by atoms with Crippen molar-refractivity contribution in [2.45, 2.75) is 334 Å². The Kier molecular flexibility index (Phi) is 31.0. The van der Waals surface area contributed by atoms with Crippen molar-refractivity contribution in [3.05, 3.63) is 0 Å². The van der Waals surface area contributed by atoms with Gasteiger partial charge in [0, 0.05) is 0 Å². The predicted octanol–water partition coefficient (Wildman–Crippen LogP) is 24.4. The molecule has 10 aliphatic carbocycles. The maximum absolute atomic E-state index is 2.39. The lowest BCUT2D eigenvalue weighted by molar-refractivity contribution is 0.0891. The first-order valence-electron chi connectivity index (χ1n) is 32.3. The van der Waals surface area contributed by atoms with E-state index in [9.17, 15) is 0 Å². The van der Waals surface area contributed by atoms with Gasteiger partial charge in [0.2, 0.25) is 0 Å². The van der Waals surface area contributed by atoms with Gasteiger partial charge in [-0.15, -0.1) is 0 Å². The van der Waals surface area contributed by atoms with E-state index in [2.05, 4.69) is 173 Å². The molecule has 10 fully saturated rings. The van der Waals surface area contributed by atoms with Crippen LogP contribution in [0.1, 0.15) is 334 Å². The molecule has 0 aromatic heterocycles. The highest BCUT2D eigenvalue weighted by atomic mass is 14.4. The molecule has 0 nitrogen and oxygen atoms in total. The average molecular weight is 982 g/mol. The quantitative estimate of drug-likeness (QED) is 0.258. The van der Waals surface area contributed by atoms with Crippen LogP contribution in [-0.4, -0.2) is 0 Å². The monoisotopic (exact) mass is 981 g/mol. The normalized spacial score (nSPS) is 37.2. The second kappa shape index (κ2) is 31.9. The summed E-state index contributed by atoms with van der Waals surface area (Å²) in [5.74, 6) is 15.5. The van der Waals surface area contributed by atoms with Crippen molar-refractivity contribution in [3.8, 4) is 0 Å². The van der Waals surface area contributed by atoms with E-state index in [1.807, 2.05) is 0 Å². The first-order valence-corrected chi connectivity index (χ1v) is 32.3. The van der Waals surface area contributed by atoms with E-state index in [1.165, 1.54) is 161 Å². The molecule has 0 aromatic rings. The van der Waals surface area contributed by atoms with Crippen LogP contribution in [0.15, 0.2) is 0 Å². The molecule has 10 saturated carbocycles. The van der Waals surface area contributed by atoms with Crippen molar-refractivity contribution in [2.24, 2.45) is 116 Å². The van der Waals surface area contributed by atoms with Crippen molar-refractivity contribution in [3.63, 3.8) is 0 Å². The summed E-state index contributed by atoms with van der Waals surface area (Å²) in [6, 6.07) is 0. The zero-order chi connectivity index (χ0) is 53.8. The molecule has 0 aliphatic heterocycles. The van der Waals surface area contributed by atoms with E-state index in [0.717, 1.165) is 94.2 Å². The van der Waals surface area contributed by atoms with Crippen LogP contribution in [0.2, 0.25) is 0 Å². The lowest BCUT2D eigenvalue weighted by Crippen LogP contribution is -2.31. The second-order valence-electron chi connectivity index (χ2n) is 31.4. The van der Waals surface area contributed by atoms with Gasteiger partial charge in [-0.25, -0.2) is 0 Å². The Bertz CT molecular complexity index is 1170. The van der Waals surface area contributed by atoms with Gasteiger partial charge in [-0.05, 0) is 225 Å². The minimum absolute atomic E-state index is 0.681. The Morgan fingerprint density at radius 1 is 0.343 bits per heavy atom. The Morgan fingerprint density at radius 2 is 0.657 bits per heavy atom. The number of rotatable bonds is 5. The third-order valence-corrected chi connectivity index (χ3v) is 22.4. The van der Waals surface area contributed by atoms with Crippen molar-refractivity contribution in [2.75, 3.05) is 0 Å². The largest absolute Gasteiger partial charge is 0.0651 e. The molecule has 9 atom stereocenters. The van der Waals surface area contributed by atoms with Gasteiger partial charge in [-0.2, -0.15) is 0 Å². The number of hydrogen-bond acceptors (Lipinski definition) is 0. The van der Waals surface area contributed by atoms with Crippen LogP contribution < -0.4 is 0 Å². The van der Waals surface area contributed by atoms with Crippen LogP contribution in [0.5, 0.6) is 0 Å². The molecule has 10 aliphatic rings. The van der Waals surface area contributed by atoms with Gasteiger partial charge >= 0.3 is 0 Å². The molecule has 6 unspecified atom stereocenters. The van der Waals surface area contributed by atoms with Gasteiger partial charge < -0.3 is 0 Å². The van der Waals surface area contributed by atoms with Crippen LogP contribution >= 0.6 is 0 Å². The topological polar surface area (TPSA) is 0 Å². The summed E-state index contributed by atoms with van der Waals surface area (Å²) in [7, 11) is 0. The molecular weight excluding hydrogens is 841 g/mol. The van der Waals surface area contributed by atoms with E-state index in [-0.39, 0.29) is 0 Å². The minimum Gasteiger partial charge on any atom is -0.0651 e. The molecule has 0 heterocycles. The van der Waals surface area contributed by atoms with Crippen LogP contribution in [0, 0.1) is 116 Å². The number of hydrogen-bond donors (Lipinski definition) is 0. The van der Waals surface area contributed by atoms with Gasteiger partial charge in [0.05, 0.1) is 0 Å². The molecule has 0 bridgehead atoms. The molecule has 420 valence electrons. The molecule has 0 heteroatoms. The van der Waals surface area contributed by atoms with Crippen molar-refractivity contribution in [1.29, 1.82) is 0 Å². The summed E-state index contributed by atoms with van der Waals surface area (Å²) in [6.45, 7) is 58.3. The van der Waals surface area contributed by atoms with Gasteiger partial charge in [-0.1, -0.05) is 224 Å². The van der Waals surface area contributed by atoms with Crippen LogP contribution in [0.4, 0.5) is 0 Å². The molecule has 0 saturated heterocycles. The molecule has 0 radical (unpaired) electrons. The van der Waals surface area contributed by atoms with E-state index in [4.69, 9.17) is 0 Å². The predicted molar refractivity (Wildman–Crippen MR) is 322 cm³/mol. The fourth-order valence-corrected chi connectivity index (χ4v) is 13.7. The van der Waals surface area contributed by atoms with Gasteiger partial charge in [0.25, 0.3) is 0 Å². The Morgan fingerprint density at radius 3 is 0.671 bits per heavy atom. The molecule has 0 spiro atoms. The van der Waals surface area contributed by atoms with E-state index in [0.29, 0.717) is 21.7 Å². The zero-order valence-corrected chi connectivity index (χ0v) is 53.8. The van der Waals surface area contributed by atoms with Crippen molar-refractivity contribution < 1.29 is 0 Å². The molecule has 0 amide bonds. The van der Waals surface area contributed by atoms with Crippen molar-refractivity contribution in [1.82, 2.24) is 0 Å². The summed E-state index contributed by atoms with van der Waals surface area (Å²) >= 11 is 0. The molecule has 70 heavy (non-hydrogen) atoms. The third kappa shape index (κ3) is 25.7. The van der Waals surface area contributed by atoms with Crippen LogP contribution in [0.25, 0.3) is 0 Å². The standard InChI is InChI=1S/10C7H14/c2*1-6-4-7(2,3)5-6;2*1-6-4-5-7(6,2)3;1-5-4-6(2)7(5)3;2*1-3-7-4-6(2)5-7;1-3-7(2)5-4-6-7;2*1-3-7-5-4-6(7)2/h4*6H,4-5H2,1-3H3;5-7H,4H2,1-3H3;2*6-7H,3-5H2,1-2H3;3-6H2,1-2H3;2*6-7H,3-5H2,1-2H3/t;;6-;;5-,6?,7?;;;;6-,7?;/m..0.0...0./s1. The summed E-state index contributed by atoms with van der Waals surface area (Å²) in [5.41, 5.74) is 3.51. The van der Waals surface area contributed by atoms with E-state index < -0.39 is 0 Å². The lowest BCUT2D eigenvalue weighted by Gasteiger charge is -2.42. The first-order chi connectivity index (χ1) is 32.3. The Labute approximate surface area is 447 Å². The molecule has 10 rings (SSSR count). The first kappa shape index (κ1) is 68.0. The van der Waals surface area contributed by atoms with Gasteiger partial charge in [0.15, 0.2) is 0 Å². The van der Waals surface area contributed by atoms with Gasteiger partial charge in [0.1, 0.15) is 0 Å². The molecule has 0 N–H and O–H groups in total. The summed E-state index contributed by atoms with van der Waals surface area (Å²) < 4.78 is 0.